The van der Waals surface area contributed by atoms with Crippen molar-refractivity contribution in [3.63, 3.8) is 0 Å². The van der Waals surface area contributed by atoms with Crippen molar-refractivity contribution in [2.45, 2.75) is 0 Å². The summed E-state index contributed by atoms with van der Waals surface area (Å²) in [5, 5.41) is 0.736. The maximum absolute atomic E-state index is 13.6. The molecule has 0 saturated carbocycles. The number of anilines is 1. The molecule has 4 aromatic rings. The normalized spacial score (nSPS) is 15.0. The Hall–Kier alpha value is -3.42. The molecule has 1 aliphatic rings. The monoisotopic (exact) mass is 365 g/mol. The number of amides is 1. The second kappa shape index (κ2) is 6.08. The van der Waals surface area contributed by atoms with Gasteiger partial charge >= 0.3 is 0 Å². The summed E-state index contributed by atoms with van der Waals surface area (Å²) in [6.45, 7) is 2.42. The van der Waals surface area contributed by atoms with Gasteiger partial charge in [0.05, 0.1) is 6.26 Å². The van der Waals surface area contributed by atoms with Crippen molar-refractivity contribution in [1.29, 1.82) is 0 Å². The number of H-pyrrole nitrogens is 1. The predicted molar refractivity (Wildman–Crippen MR) is 98.2 cm³/mol. The van der Waals surface area contributed by atoms with Crippen molar-refractivity contribution in [3.8, 4) is 0 Å². The Morgan fingerprint density at radius 3 is 2.78 bits per heavy atom. The molecule has 1 fully saturated rings. The lowest BCUT2D eigenvalue weighted by atomic mass is 10.2. The molecule has 1 aromatic carbocycles. The second-order valence-electron chi connectivity index (χ2n) is 6.49. The molecule has 1 aliphatic heterocycles. The molecule has 4 heterocycles. The van der Waals surface area contributed by atoms with E-state index < -0.39 is 0 Å². The third-order valence-electron chi connectivity index (χ3n) is 4.92. The lowest BCUT2D eigenvalue weighted by Crippen LogP contribution is -2.49. The number of hydrogen-bond donors (Lipinski definition) is 1. The third kappa shape index (κ3) is 2.61. The number of nitrogens with zero attached hydrogens (tertiary/aromatic N) is 4. The molecule has 0 spiro atoms. The zero-order valence-electron chi connectivity index (χ0n) is 14.4. The van der Waals surface area contributed by atoms with Crippen LogP contribution in [0.5, 0.6) is 0 Å². The van der Waals surface area contributed by atoms with Crippen LogP contribution in [0.3, 0.4) is 0 Å². The van der Waals surface area contributed by atoms with Gasteiger partial charge in [-0.15, -0.1) is 0 Å². The van der Waals surface area contributed by atoms with Gasteiger partial charge in [-0.1, -0.05) is 0 Å². The van der Waals surface area contributed by atoms with Crippen LogP contribution in [-0.2, 0) is 0 Å². The molecule has 0 radical (unpaired) electrons. The van der Waals surface area contributed by atoms with E-state index >= 15 is 0 Å². The Balaban J connectivity index is 1.43. The highest BCUT2D eigenvalue weighted by Crippen LogP contribution is 2.30. The molecule has 27 heavy (non-hydrogen) atoms. The maximum atomic E-state index is 13.6. The number of furan rings is 1. The molecule has 7 nitrogen and oxygen atoms in total. The van der Waals surface area contributed by atoms with Crippen molar-refractivity contribution in [1.82, 2.24) is 19.9 Å². The minimum absolute atomic E-state index is 0.103. The van der Waals surface area contributed by atoms with Gasteiger partial charge in [-0.25, -0.2) is 14.4 Å². The van der Waals surface area contributed by atoms with E-state index in [1.54, 1.807) is 23.1 Å². The van der Waals surface area contributed by atoms with Crippen molar-refractivity contribution in [2.75, 3.05) is 31.1 Å². The Bertz CT molecular complexity index is 1130. The van der Waals surface area contributed by atoms with E-state index in [0.29, 0.717) is 37.5 Å². The first-order valence-electron chi connectivity index (χ1n) is 8.70. The van der Waals surface area contributed by atoms with Crippen LogP contribution in [0.4, 0.5) is 10.2 Å². The van der Waals surface area contributed by atoms with Gasteiger partial charge in [-0.05, 0) is 30.3 Å². The summed E-state index contributed by atoms with van der Waals surface area (Å²) in [7, 11) is 0. The van der Waals surface area contributed by atoms with Gasteiger partial charge in [-0.3, -0.25) is 4.79 Å². The lowest BCUT2D eigenvalue weighted by molar-refractivity contribution is 0.0714. The number of nitrogens with one attached hydrogen (secondary N) is 1. The van der Waals surface area contributed by atoms with E-state index in [0.717, 1.165) is 22.2 Å². The van der Waals surface area contributed by atoms with Crippen LogP contribution in [0.15, 0.2) is 47.3 Å². The first kappa shape index (κ1) is 15.8. The van der Waals surface area contributed by atoms with Crippen LogP contribution in [0, 0.1) is 5.82 Å². The Kier molecular flexibility index (Phi) is 3.56. The van der Waals surface area contributed by atoms with Gasteiger partial charge in [0.15, 0.2) is 11.6 Å². The summed E-state index contributed by atoms with van der Waals surface area (Å²) >= 11 is 0. The molecule has 5 rings (SSSR count). The molecule has 1 N–H and O–H groups in total. The first-order valence-corrected chi connectivity index (χ1v) is 8.70. The Morgan fingerprint density at radius 2 is 2.00 bits per heavy atom. The predicted octanol–water partition coefficient (Wildman–Crippen LogP) is 2.81. The number of aromatic nitrogens is 3. The zero-order chi connectivity index (χ0) is 18.4. The van der Waals surface area contributed by atoms with Crippen molar-refractivity contribution < 1.29 is 13.6 Å². The number of rotatable bonds is 2. The molecule has 136 valence electrons. The molecule has 0 atom stereocenters. The largest absolute Gasteiger partial charge is 0.459 e. The highest BCUT2D eigenvalue weighted by Gasteiger charge is 2.26. The molecule has 0 unspecified atom stereocenters. The van der Waals surface area contributed by atoms with Crippen molar-refractivity contribution in [3.05, 3.63) is 54.5 Å². The van der Waals surface area contributed by atoms with Crippen molar-refractivity contribution in [2.24, 2.45) is 0 Å². The summed E-state index contributed by atoms with van der Waals surface area (Å²) in [5.41, 5.74) is 2.30. The molecule has 1 amide bonds. The van der Waals surface area contributed by atoms with Crippen LogP contribution >= 0.6 is 0 Å². The SMILES string of the molecule is O=C(c1ccco1)N1CCN(c2ncnc3c2[nH]c2ccc(F)cc23)CC1. The summed E-state index contributed by atoms with van der Waals surface area (Å²) in [4.78, 5) is 28.4. The number of carbonyl (C=O) groups is 1. The van der Waals surface area contributed by atoms with Crippen LogP contribution in [0.2, 0.25) is 0 Å². The van der Waals surface area contributed by atoms with Gasteiger partial charge < -0.3 is 19.2 Å². The number of hydrogen-bond acceptors (Lipinski definition) is 5. The van der Waals surface area contributed by atoms with E-state index in [2.05, 4.69) is 19.9 Å². The number of aromatic amines is 1. The van der Waals surface area contributed by atoms with Crippen LogP contribution in [0.1, 0.15) is 10.6 Å². The minimum Gasteiger partial charge on any atom is -0.459 e. The third-order valence-corrected chi connectivity index (χ3v) is 4.92. The van der Waals surface area contributed by atoms with Crippen LogP contribution in [0.25, 0.3) is 21.9 Å². The molecule has 0 aliphatic carbocycles. The lowest BCUT2D eigenvalue weighted by Gasteiger charge is -2.35. The van der Waals surface area contributed by atoms with E-state index in [9.17, 15) is 9.18 Å². The maximum Gasteiger partial charge on any atom is 0.289 e. The molecule has 3 aromatic heterocycles. The number of carbonyl (C=O) groups excluding carboxylic acids is 1. The minimum atomic E-state index is -0.298. The summed E-state index contributed by atoms with van der Waals surface area (Å²) in [6, 6.07) is 7.98. The topological polar surface area (TPSA) is 78.3 Å². The van der Waals surface area contributed by atoms with Gasteiger partial charge in [0.2, 0.25) is 0 Å². The van der Waals surface area contributed by atoms with Crippen LogP contribution < -0.4 is 4.90 Å². The van der Waals surface area contributed by atoms with Crippen LogP contribution in [-0.4, -0.2) is 51.9 Å². The Labute approximate surface area is 153 Å². The highest BCUT2D eigenvalue weighted by molar-refractivity contribution is 6.08. The smallest absolute Gasteiger partial charge is 0.289 e. The fourth-order valence-electron chi connectivity index (χ4n) is 3.57. The van der Waals surface area contributed by atoms with E-state index in [4.69, 9.17) is 4.42 Å². The molecule has 1 saturated heterocycles. The van der Waals surface area contributed by atoms with Gasteiger partial charge in [-0.2, -0.15) is 0 Å². The number of piperazine rings is 1. The standard InChI is InChI=1S/C19H16FN5O2/c20-12-3-4-14-13(10-12)16-17(23-14)18(22-11-21-16)24-5-7-25(8-6-24)19(26)15-2-1-9-27-15/h1-4,9-11,23H,5-8H2. The molecular formula is C19H16FN5O2. The highest BCUT2D eigenvalue weighted by atomic mass is 19.1. The average molecular weight is 365 g/mol. The molecular weight excluding hydrogens is 349 g/mol. The fourth-order valence-corrected chi connectivity index (χ4v) is 3.57. The quantitative estimate of drug-likeness (QED) is 0.591. The molecule has 0 bridgehead atoms. The van der Waals surface area contributed by atoms with Gasteiger partial charge in [0, 0.05) is 37.1 Å². The van der Waals surface area contributed by atoms with Gasteiger partial charge in [0.25, 0.3) is 5.91 Å². The summed E-state index contributed by atoms with van der Waals surface area (Å²) in [5.74, 6) is 0.717. The van der Waals surface area contributed by atoms with E-state index in [1.807, 2.05) is 0 Å². The Morgan fingerprint density at radius 1 is 1.15 bits per heavy atom. The number of fused-ring (bicyclic) bond motifs is 3. The average Bonchev–Trinajstić information content (AvgIpc) is 3.35. The first-order chi connectivity index (χ1) is 13.2. The zero-order valence-corrected chi connectivity index (χ0v) is 14.4. The summed E-state index contributed by atoms with van der Waals surface area (Å²) in [6.07, 6.45) is 3.00. The van der Waals surface area contributed by atoms with Gasteiger partial charge in [0.1, 0.15) is 23.2 Å². The second-order valence-corrected chi connectivity index (χ2v) is 6.49. The fraction of sp³-hybridized carbons (Fsp3) is 0.211. The number of benzene rings is 1. The van der Waals surface area contributed by atoms with Crippen molar-refractivity contribution >= 4 is 33.7 Å². The molecule has 8 heteroatoms. The number of halogens is 1. The van der Waals surface area contributed by atoms with E-state index in [1.165, 1.54) is 24.7 Å². The van der Waals surface area contributed by atoms with E-state index in [-0.39, 0.29) is 11.7 Å². The summed E-state index contributed by atoms with van der Waals surface area (Å²) < 4.78 is 18.8.